The molecule has 0 radical (unpaired) electrons. The summed E-state index contributed by atoms with van der Waals surface area (Å²) in [7, 11) is -1.64. The predicted molar refractivity (Wildman–Crippen MR) is 95.9 cm³/mol. The Bertz CT molecular complexity index is 848. The van der Waals surface area contributed by atoms with Crippen LogP contribution in [0.4, 0.5) is 0 Å². The van der Waals surface area contributed by atoms with E-state index >= 15 is 0 Å². The number of hydrogen-bond acceptors (Lipinski definition) is 3. The molecule has 1 amide bonds. The van der Waals surface area contributed by atoms with Crippen LogP contribution in [0.2, 0.25) is 0 Å². The van der Waals surface area contributed by atoms with Crippen molar-refractivity contribution in [3.63, 3.8) is 0 Å². The summed E-state index contributed by atoms with van der Waals surface area (Å²) in [5.74, 6) is -0.0510. The fourth-order valence-electron chi connectivity index (χ4n) is 2.99. The van der Waals surface area contributed by atoms with Gasteiger partial charge in [-0.3, -0.25) is 4.79 Å². The van der Waals surface area contributed by atoms with Gasteiger partial charge in [-0.05, 0) is 30.2 Å². The zero-order chi connectivity index (χ0) is 18.0. The van der Waals surface area contributed by atoms with Gasteiger partial charge < -0.3 is 9.47 Å². The maximum atomic E-state index is 12.8. The van der Waals surface area contributed by atoms with Crippen LogP contribution in [0, 0.1) is 0 Å². The molecule has 2 aromatic rings. The largest absolute Gasteiger partial charge is 0.356 e. The summed E-state index contributed by atoms with van der Waals surface area (Å²) < 4.78 is 28.8. The zero-order valence-corrected chi connectivity index (χ0v) is 15.4. The first-order valence-electron chi connectivity index (χ1n) is 8.42. The molecule has 1 aromatic heterocycles. The SMILES string of the molecule is CCc1ccc(S(=O)(=O)N2CCN(C(=O)c3ccn(C)c3)CC2)cc1. The van der Waals surface area contributed by atoms with Gasteiger partial charge in [0, 0.05) is 45.6 Å². The number of hydrogen-bond donors (Lipinski definition) is 0. The molecule has 6 nitrogen and oxygen atoms in total. The molecule has 134 valence electrons. The first-order chi connectivity index (χ1) is 11.9. The number of carbonyl (C=O) groups excluding carboxylic acids is 1. The summed E-state index contributed by atoms with van der Waals surface area (Å²) in [6, 6.07) is 8.80. The highest BCUT2D eigenvalue weighted by Gasteiger charge is 2.30. The second-order valence-electron chi connectivity index (χ2n) is 6.26. The minimum Gasteiger partial charge on any atom is -0.356 e. The molecule has 0 N–H and O–H groups in total. The van der Waals surface area contributed by atoms with Crippen molar-refractivity contribution >= 4 is 15.9 Å². The summed E-state index contributed by atoms with van der Waals surface area (Å²) in [4.78, 5) is 14.5. The summed E-state index contributed by atoms with van der Waals surface area (Å²) in [5.41, 5.74) is 1.74. The number of amides is 1. The summed E-state index contributed by atoms with van der Waals surface area (Å²) in [5, 5.41) is 0. The number of sulfonamides is 1. The lowest BCUT2D eigenvalue weighted by Gasteiger charge is -2.33. The van der Waals surface area contributed by atoms with E-state index in [4.69, 9.17) is 0 Å². The molecule has 7 heteroatoms. The average molecular weight is 361 g/mol. The molecule has 1 aliphatic heterocycles. The van der Waals surface area contributed by atoms with Gasteiger partial charge in [-0.15, -0.1) is 0 Å². The average Bonchev–Trinajstić information content (AvgIpc) is 3.07. The normalized spacial score (nSPS) is 16.2. The van der Waals surface area contributed by atoms with E-state index < -0.39 is 10.0 Å². The van der Waals surface area contributed by atoms with Crippen molar-refractivity contribution in [2.24, 2.45) is 7.05 Å². The maximum Gasteiger partial charge on any atom is 0.255 e. The molecular weight excluding hydrogens is 338 g/mol. The van der Waals surface area contributed by atoms with Crippen LogP contribution >= 0.6 is 0 Å². The number of aromatic nitrogens is 1. The molecule has 1 aliphatic rings. The van der Waals surface area contributed by atoms with Gasteiger partial charge in [0.25, 0.3) is 5.91 Å². The Morgan fingerprint density at radius 3 is 2.20 bits per heavy atom. The van der Waals surface area contributed by atoms with Gasteiger partial charge >= 0.3 is 0 Å². The van der Waals surface area contributed by atoms with E-state index in [2.05, 4.69) is 0 Å². The second-order valence-corrected chi connectivity index (χ2v) is 8.20. The van der Waals surface area contributed by atoms with Gasteiger partial charge in [0.15, 0.2) is 0 Å². The van der Waals surface area contributed by atoms with Crippen molar-refractivity contribution < 1.29 is 13.2 Å². The molecule has 0 unspecified atom stereocenters. The fourth-order valence-corrected chi connectivity index (χ4v) is 4.41. The van der Waals surface area contributed by atoms with Gasteiger partial charge in [-0.25, -0.2) is 8.42 Å². The molecule has 3 rings (SSSR count). The quantitative estimate of drug-likeness (QED) is 0.833. The third kappa shape index (κ3) is 3.62. The molecule has 0 bridgehead atoms. The highest BCUT2D eigenvalue weighted by molar-refractivity contribution is 7.89. The van der Waals surface area contributed by atoms with Gasteiger partial charge in [0.05, 0.1) is 10.5 Å². The van der Waals surface area contributed by atoms with Gasteiger partial charge in [0.2, 0.25) is 10.0 Å². The number of carbonyl (C=O) groups is 1. The number of benzene rings is 1. The summed E-state index contributed by atoms with van der Waals surface area (Å²) in [6.07, 6.45) is 4.48. The topological polar surface area (TPSA) is 62.6 Å². The molecule has 2 heterocycles. The highest BCUT2D eigenvalue weighted by atomic mass is 32.2. The number of piperazine rings is 1. The Morgan fingerprint density at radius 2 is 1.68 bits per heavy atom. The van der Waals surface area contributed by atoms with Crippen LogP contribution in [-0.2, 0) is 23.5 Å². The lowest BCUT2D eigenvalue weighted by molar-refractivity contribution is 0.0698. The van der Waals surface area contributed by atoms with Crippen LogP contribution in [0.15, 0.2) is 47.6 Å². The third-order valence-corrected chi connectivity index (χ3v) is 6.49. The number of aryl methyl sites for hydroxylation is 2. The maximum absolute atomic E-state index is 12.8. The lowest BCUT2D eigenvalue weighted by Crippen LogP contribution is -2.50. The Hall–Kier alpha value is -2.12. The van der Waals surface area contributed by atoms with Crippen molar-refractivity contribution in [2.45, 2.75) is 18.2 Å². The van der Waals surface area contributed by atoms with Crippen molar-refractivity contribution in [3.05, 3.63) is 53.9 Å². The highest BCUT2D eigenvalue weighted by Crippen LogP contribution is 2.19. The Morgan fingerprint density at radius 1 is 1.04 bits per heavy atom. The summed E-state index contributed by atoms with van der Waals surface area (Å²) in [6.45, 7) is 3.47. The van der Waals surface area contributed by atoms with Gasteiger partial charge in [-0.1, -0.05) is 19.1 Å². The smallest absolute Gasteiger partial charge is 0.255 e. The second kappa shape index (κ2) is 7.01. The van der Waals surface area contributed by atoms with E-state index in [1.54, 1.807) is 29.3 Å². The van der Waals surface area contributed by atoms with E-state index in [0.717, 1.165) is 12.0 Å². The minimum atomic E-state index is -3.51. The van der Waals surface area contributed by atoms with E-state index in [9.17, 15) is 13.2 Å². The van der Waals surface area contributed by atoms with Crippen LogP contribution in [0.1, 0.15) is 22.8 Å². The molecule has 1 saturated heterocycles. The first-order valence-corrected chi connectivity index (χ1v) is 9.86. The molecule has 1 fully saturated rings. The van der Waals surface area contributed by atoms with E-state index in [-0.39, 0.29) is 5.91 Å². The van der Waals surface area contributed by atoms with Crippen molar-refractivity contribution in [3.8, 4) is 0 Å². The van der Waals surface area contributed by atoms with Crippen LogP contribution in [-0.4, -0.2) is 54.3 Å². The van der Waals surface area contributed by atoms with E-state index in [1.165, 1.54) is 4.31 Å². The van der Waals surface area contributed by atoms with Gasteiger partial charge in [0.1, 0.15) is 0 Å². The van der Waals surface area contributed by atoms with Crippen molar-refractivity contribution in [1.82, 2.24) is 13.8 Å². The van der Waals surface area contributed by atoms with Crippen LogP contribution < -0.4 is 0 Å². The third-order valence-electron chi connectivity index (χ3n) is 4.57. The monoisotopic (exact) mass is 361 g/mol. The first kappa shape index (κ1) is 17.7. The molecule has 25 heavy (non-hydrogen) atoms. The molecular formula is C18H23N3O3S. The predicted octanol–water partition coefficient (Wildman–Crippen LogP) is 1.73. The molecule has 1 aromatic carbocycles. The number of nitrogens with zero attached hydrogens (tertiary/aromatic N) is 3. The zero-order valence-electron chi connectivity index (χ0n) is 14.6. The van der Waals surface area contributed by atoms with Crippen LogP contribution in [0.25, 0.3) is 0 Å². The molecule has 0 aliphatic carbocycles. The van der Waals surface area contributed by atoms with Gasteiger partial charge in [-0.2, -0.15) is 4.31 Å². The van der Waals surface area contributed by atoms with Crippen molar-refractivity contribution in [2.75, 3.05) is 26.2 Å². The molecule has 0 atom stereocenters. The van der Waals surface area contributed by atoms with E-state index in [1.807, 2.05) is 36.9 Å². The fraction of sp³-hybridized carbons (Fsp3) is 0.389. The van der Waals surface area contributed by atoms with Crippen LogP contribution in [0.3, 0.4) is 0 Å². The van der Waals surface area contributed by atoms with Crippen LogP contribution in [0.5, 0.6) is 0 Å². The Kier molecular flexibility index (Phi) is 4.96. The molecule has 0 saturated carbocycles. The summed E-state index contributed by atoms with van der Waals surface area (Å²) >= 11 is 0. The minimum absolute atomic E-state index is 0.0510. The number of rotatable bonds is 4. The Labute approximate surface area is 148 Å². The van der Waals surface area contributed by atoms with Crippen molar-refractivity contribution in [1.29, 1.82) is 0 Å². The lowest BCUT2D eigenvalue weighted by atomic mass is 10.2. The standard InChI is InChI=1S/C18H23N3O3S/c1-3-15-4-6-17(7-5-15)25(23,24)21-12-10-20(11-13-21)18(22)16-8-9-19(2)14-16/h4-9,14H,3,10-13H2,1-2H3. The molecule has 0 spiro atoms. The van der Waals surface area contributed by atoms with E-state index in [0.29, 0.717) is 36.6 Å². The Balaban J connectivity index is 1.67.